The Kier molecular flexibility index (Phi) is 3.71. The molecule has 0 N–H and O–H groups in total. The topological polar surface area (TPSA) is 44.8 Å². The fraction of sp³-hybridized carbons (Fsp3) is 0.188. The molecule has 0 aromatic heterocycles. The minimum absolute atomic E-state index is 0.184. The van der Waals surface area contributed by atoms with Crippen LogP contribution >= 0.6 is 11.6 Å². The Morgan fingerprint density at radius 2 is 1.86 bits per heavy atom. The van der Waals surface area contributed by atoms with Crippen LogP contribution in [0.2, 0.25) is 5.02 Å². The van der Waals surface area contributed by atoms with Crippen molar-refractivity contribution in [3.8, 4) is 17.2 Å². The second-order valence-corrected chi connectivity index (χ2v) is 4.94. The SMILES string of the molecule is COc1cccc(C(=O)c2cc3c(cc2Cl)OCCO3)c1. The molecule has 0 amide bonds. The van der Waals surface area contributed by atoms with Crippen LogP contribution in [0.5, 0.6) is 17.2 Å². The van der Waals surface area contributed by atoms with E-state index in [0.717, 1.165) is 0 Å². The van der Waals surface area contributed by atoms with Crippen molar-refractivity contribution in [1.82, 2.24) is 0 Å². The van der Waals surface area contributed by atoms with Gasteiger partial charge in [-0.1, -0.05) is 23.7 Å². The van der Waals surface area contributed by atoms with Crippen LogP contribution in [0.1, 0.15) is 15.9 Å². The van der Waals surface area contributed by atoms with Crippen molar-refractivity contribution in [2.75, 3.05) is 20.3 Å². The van der Waals surface area contributed by atoms with Gasteiger partial charge in [-0.3, -0.25) is 4.79 Å². The van der Waals surface area contributed by atoms with Gasteiger partial charge in [0.1, 0.15) is 19.0 Å². The monoisotopic (exact) mass is 304 g/mol. The summed E-state index contributed by atoms with van der Waals surface area (Å²) < 4.78 is 16.1. The largest absolute Gasteiger partial charge is 0.497 e. The van der Waals surface area contributed by atoms with Crippen LogP contribution in [0, 0.1) is 0 Å². The first-order valence-electron chi connectivity index (χ1n) is 6.47. The average molecular weight is 305 g/mol. The molecule has 1 aliphatic rings. The van der Waals surface area contributed by atoms with E-state index in [1.165, 1.54) is 0 Å². The van der Waals surface area contributed by atoms with Gasteiger partial charge in [0.2, 0.25) is 0 Å². The van der Waals surface area contributed by atoms with Gasteiger partial charge in [0, 0.05) is 17.2 Å². The summed E-state index contributed by atoms with van der Waals surface area (Å²) in [5.74, 6) is 1.54. The molecular formula is C16H13ClO4. The van der Waals surface area contributed by atoms with Gasteiger partial charge in [0.05, 0.1) is 12.1 Å². The molecule has 1 heterocycles. The third kappa shape index (κ3) is 2.67. The minimum Gasteiger partial charge on any atom is -0.497 e. The highest BCUT2D eigenvalue weighted by Crippen LogP contribution is 2.36. The molecule has 0 atom stereocenters. The van der Waals surface area contributed by atoms with Crippen molar-refractivity contribution in [2.24, 2.45) is 0 Å². The van der Waals surface area contributed by atoms with Crippen LogP contribution in [-0.2, 0) is 0 Å². The van der Waals surface area contributed by atoms with E-state index in [1.807, 2.05) is 0 Å². The molecule has 108 valence electrons. The van der Waals surface area contributed by atoms with Crippen molar-refractivity contribution in [3.05, 3.63) is 52.5 Å². The molecule has 0 saturated heterocycles. The molecule has 0 bridgehead atoms. The van der Waals surface area contributed by atoms with Crippen molar-refractivity contribution in [2.45, 2.75) is 0 Å². The zero-order chi connectivity index (χ0) is 14.8. The van der Waals surface area contributed by atoms with E-state index in [-0.39, 0.29) is 5.78 Å². The van der Waals surface area contributed by atoms with Crippen LogP contribution in [0.25, 0.3) is 0 Å². The molecule has 2 aromatic rings. The van der Waals surface area contributed by atoms with Gasteiger partial charge in [-0.25, -0.2) is 0 Å². The van der Waals surface area contributed by atoms with Gasteiger partial charge in [-0.2, -0.15) is 0 Å². The number of carbonyl (C=O) groups excluding carboxylic acids is 1. The van der Waals surface area contributed by atoms with Gasteiger partial charge < -0.3 is 14.2 Å². The van der Waals surface area contributed by atoms with Crippen LogP contribution in [0.4, 0.5) is 0 Å². The molecule has 0 fully saturated rings. The van der Waals surface area contributed by atoms with E-state index in [4.69, 9.17) is 25.8 Å². The Balaban J connectivity index is 2.01. The number of halogens is 1. The number of rotatable bonds is 3. The van der Waals surface area contributed by atoms with Crippen molar-refractivity contribution in [1.29, 1.82) is 0 Å². The van der Waals surface area contributed by atoms with Crippen LogP contribution in [0.15, 0.2) is 36.4 Å². The van der Waals surface area contributed by atoms with E-state index >= 15 is 0 Å². The first kappa shape index (κ1) is 13.8. The van der Waals surface area contributed by atoms with Gasteiger partial charge in [0.15, 0.2) is 17.3 Å². The van der Waals surface area contributed by atoms with Gasteiger partial charge in [-0.15, -0.1) is 0 Å². The number of benzene rings is 2. The summed E-state index contributed by atoms with van der Waals surface area (Å²) in [6.07, 6.45) is 0. The van der Waals surface area contributed by atoms with Gasteiger partial charge >= 0.3 is 0 Å². The predicted molar refractivity (Wildman–Crippen MR) is 78.9 cm³/mol. The molecule has 1 aliphatic heterocycles. The lowest BCUT2D eigenvalue weighted by atomic mass is 10.0. The smallest absolute Gasteiger partial charge is 0.194 e. The Morgan fingerprint density at radius 1 is 1.14 bits per heavy atom. The Bertz CT molecular complexity index is 697. The third-order valence-electron chi connectivity index (χ3n) is 3.21. The summed E-state index contributed by atoms with van der Waals surface area (Å²) in [6.45, 7) is 0.938. The summed E-state index contributed by atoms with van der Waals surface area (Å²) in [7, 11) is 1.56. The Hall–Kier alpha value is -2.20. The van der Waals surface area contributed by atoms with Crippen LogP contribution < -0.4 is 14.2 Å². The van der Waals surface area contributed by atoms with E-state index < -0.39 is 0 Å². The first-order valence-corrected chi connectivity index (χ1v) is 6.85. The quantitative estimate of drug-likeness (QED) is 0.816. The lowest BCUT2D eigenvalue weighted by Gasteiger charge is -2.19. The van der Waals surface area contributed by atoms with Crippen LogP contribution in [-0.4, -0.2) is 26.1 Å². The van der Waals surface area contributed by atoms with Crippen molar-refractivity contribution < 1.29 is 19.0 Å². The van der Waals surface area contributed by atoms with E-state index in [0.29, 0.717) is 46.6 Å². The molecule has 0 saturated carbocycles. The fourth-order valence-electron chi connectivity index (χ4n) is 2.16. The second-order valence-electron chi connectivity index (χ2n) is 4.54. The van der Waals surface area contributed by atoms with Crippen LogP contribution in [0.3, 0.4) is 0 Å². The zero-order valence-corrected chi connectivity index (χ0v) is 12.1. The third-order valence-corrected chi connectivity index (χ3v) is 3.52. The molecule has 0 radical (unpaired) electrons. The Labute approximate surface area is 127 Å². The van der Waals surface area contributed by atoms with E-state index in [9.17, 15) is 4.79 Å². The maximum absolute atomic E-state index is 12.6. The number of ketones is 1. The number of methoxy groups -OCH3 is 1. The summed E-state index contributed by atoms with van der Waals surface area (Å²) in [5.41, 5.74) is 0.891. The molecule has 4 nitrogen and oxygen atoms in total. The van der Waals surface area contributed by atoms with E-state index in [2.05, 4.69) is 0 Å². The molecule has 0 spiro atoms. The first-order chi connectivity index (χ1) is 10.2. The van der Waals surface area contributed by atoms with Gasteiger partial charge in [-0.05, 0) is 18.2 Å². The zero-order valence-electron chi connectivity index (χ0n) is 11.4. The summed E-state index contributed by atoms with van der Waals surface area (Å²) in [4.78, 5) is 12.6. The lowest BCUT2D eigenvalue weighted by Crippen LogP contribution is -2.16. The maximum atomic E-state index is 12.6. The van der Waals surface area contributed by atoms with Crippen molar-refractivity contribution >= 4 is 17.4 Å². The average Bonchev–Trinajstić information content (AvgIpc) is 2.53. The maximum Gasteiger partial charge on any atom is 0.194 e. The highest BCUT2D eigenvalue weighted by molar-refractivity contribution is 6.35. The van der Waals surface area contributed by atoms with Crippen molar-refractivity contribution in [3.63, 3.8) is 0 Å². The number of hydrogen-bond donors (Lipinski definition) is 0. The summed E-state index contributed by atoms with van der Waals surface area (Å²) in [5, 5.41) is 0.340. The molecule has 2 aromatic carbocycles. The lowest BCUT2D eigenvalue weighted by molar-refractivity contribution is 0.103. The highest BCUT2D eigenvalue weighted by Gasteiger charge is 2.20. The molecule has 3 rings (SSSR count). The highest BCUT2D eigenvalue weighted by atomic mass is 35.5. The Morgan fingerprint density at radius 3 is 2.57 bits per heavy atom. The van der Waals surface area contributed by atoms with Gasteiger partial charge in [0.25, 0.3) is 0 Å². The number of ether oxygens (including phenoxy) is 3. The standard InChI is InChI=1S/C16H13ClO4/c1-19-11-4-2-3-10(7-11)16(18)12-8-14-15(9-13(12)17)21-6-5-20-14/h2-4,7-9H,5-6H2,1H3. The normalized spacial score (nSPS) is 12.9. The predicted octanol–water partition coefficient (Wildman–Crippen LogP) is 3.35. The molecular weight excluding hydrogens is 292 g/mol. The number of fused-ring (bicyclic) bond motifs is 1. The molecule has 21 heavy (non-hydrogen) atoms. The summed E-state index contributed by atoms with van der Waals surface area (Å²) in [6, 6.07) is 10.2. The summed E-state index contributed by atoms with van der Waals surface area (Å²) >= 11 is 6.19. The molecule has 0 aliphatic carbocycles. The molecule has 0 unspecified atom stereocenters. The number of carbonyl (C=O) groups is 1. The fourth-order valence-corrected chi connectivity index (χ4v) is 2.40. The molecule has 5 heteroatoms. The minimum atomic E-state index is -0.184. The second kappa shape index (κ2) is 5.66. The number of hydrogen-bond acceptors (Lipinski definition) is 4. The van der Waals surface area contributed by atoms with E-state index in [1.54, 1.807) is 43.5 Å².